The van der Waals surface area contributed by atoms with Gasteiger partial charge < -0.3 is 0 Å². The Bertz CT molecular complexity index is 584. The van der Waals surface area contributed by atoms with Crippen LogP contribution in [0.2, 0.25) is 0 Å². The van der Waals surface area contributed by atoms with Gasteiger partial charge in [-0.1, -0.05) is 27.7 Å². The molecule has 0 aliphatic rings. The molecule has 2 aromatic carbocycles. The summed E-state index contributed by atoms with van der Waals surface area (Å²) >= 11 is 5.04. The third-order valence-electron chi connectivity index (χ3n) is 2.41. The van der Waals surface area contributed by atoms with Gasteiger partial charge in [0.15, 0.2) is 0 Å². The Morgan fingerprint density at radius 2 is 1.72 bits per heavy atom. The standard InChI is InChI=1S/C13H10BrNO2S/c1-9-8-12(6-7-13(9)14)18-11-4-2-10(3-5-11)15(16)17/h2-8H,1H3. The zero-order chi connectivity index (χ0) is 13.1. The first-order valence-electron chi connectivity index (χ1n) is 5.25. The van der Waals surface area contributed by atoms with E-state index in [9.17, 15) is 10.1 Å². The van der Waals surface area contributed by atoms with Crippen LogP contribution < -0.4 is 0 Å². The van der Waals surface area contributed by atoms with Crippen LogP contribution in [0.15, 0.2) is 56.7 Å². The fraction of sp³-hybridized carbons (Fsp3) is 0.0769. The van der Waals surface area contributed by atoms with E-state index in [0.717, 1.165) is 14.3 Å². The summed E-state index contributed by atoms with van der Waals surface area (Å²) in [6, 6.07) is 12.7. The van der Waals surface area contributed by atoms with Gasteiger partial charge in [0.25, 0.3) is 5.69 Å². The average molecular weight is 324 g/mol. The maximum atomic E-state index is 10.5. The van der Waals surface area contributed by atoms with Crippen LogP contribution >= 0.6 is 27.7 Å². The fourth-order valence-corrected chi connectivity index (χ4v) is 2.62. The highest BCUT2D eigenvalue weighted by Crippen LogP contribution is 2.31. The van der Waals surface area contributed by atoms with Gasteiger partial charge in [-0.2, -0.15) is 0 Å². The Morgan fingerprint density at radius 3 is 2.28 bits per heavy atom. The van der Waals surface area contributed by atoms with Crippen LogP contribution in [0.3, 0.4) is 0 Å². The van der Waals surface area contributed by atoms with Crippen molar-refractivity contribution in [3.8, 4) is 0 Å². The highest BCUT2D eigenvalue weighted by Gasteiger charge is 2.05. The van der Waals surface area contributed by atoms with E-state index in [4.69, 9.17) is 0 Å². The first kappa shape index (κ1) is 13.1. The Labute approximate surface area is 117 Å². The van der Waals surface area contributed by atoms with E-state index in [-0.39, 0.29) is 5.69 Å². The summed E-state index contributed by atoms with van der Waals surface area (Å²) in [7, 11) is 0. The molecular weight excluding hydrogens is 314 g/mol. The Balaban J connectivity index is 2.18. The molecule has 92 valence electrons. The lowest BCUT2D eigenvalue weighted by atomic mass is 10.2. The molecule has 2 aromatic rings. The number of benzene rings is 2. The Morgan fingerprint density at radius 1 is 1.11 bits per heavy atom. The smallest absolute Gasteiger partial charge is 0.258 e. The van der Waals surface area contributed by atoms with Gasteiger partial charge in [-0.15, -0.1) is 0 Å². The van der Waals surface area contributed by atoms with Crippen molar-refractivity contribution in [1.29, 1.82) is 0 Å². The second kappa shape index (κ2) is 5.54. The molecule has 18 heavy (non-hydrogen) atoms. The summed E-state index contributed by atoms with van der Waals surface area (Å²) in [6.07, 6.45) is 0. The Hall–Kier alpha value is -1.33. The molecule has 0 saturated carbocycles. The zero-order valence-electron chi connectivity index (χ0n) is 9.59. The lowest BCUT2D eigenvalue weighted by Gasteiger charge is -2.04. The number of halogens is 1. The van der Waals surface area contributed by atoms with E-state index in [1.165, 1.54) is 17.7 Å². The number of nitro groups is 1. The zero-order valence-corrected chi connectivity index (χ0v) is 12.0. The molecule has 3 nitrogen and oxygen atoms in total. The highest BCUT2D eigenvalue weighted by molar-refractivity contribution is 9.10. The predicted molar refractivity (Wildman–Crippen MR) is 76.1 cm³/mol. The maximum absolute atomic E-state index is 10.5. The van der Waals surface area contributed by atoms with Crippen molar-refractivity contribution >= 4 is 33.4 Å². The quantitative estimate of drug-likeness (QED) is 0.601. The van der Waals surface area contributed by atoms with Crippen molar-refractivity contribution in [2.75, 3.05) is 0 Å². The molecule has 0 fully saturated rings. The summed E-state index contributed by atoms with van der Waals surface area (Å²) < 4.78 is 1.08. The number of hydrogen-bond acceptors (Lipinski definition) is 3. The van der Waals surface area contributed by atoms with Gasteiger partial charge in [-0.25, -0.2) is 0 Å². The van der Waals surface area contributed by atoms with Crippen molar-refractivity contribution in [2.24, 2.45) is 0 Å². The molecule has 0 atom stereocenters. The van der Waals surface area contributed by atoms with Crippen LogP contribution in [0, 0.1) is 17.0 Å². The van der Waals surface area contributed by atoms with Gasteiger partial charge in [0.1, 0.15) is 0 Å². The molecule has 0 N–H and O–H groups in total. The van der Waals surface area contributed by atoms with E-state index in [2.05, 4.69) is 22.0 Å². The van der Waals surface area contributed by atoms with Crippen molar-refractivity contribution in [2.45, 2.75) is 16.7 Å². The minimum atomic E-state index is -0.391. The molecule has 0 heterocycles. The van der Waals surface area contributed by atoms with Crippen LogP contribution in [-0.2, 0) is 0 Å². The number of nitro benzene ring substituents is 1. The van der Waals surface area contributed by atoms with Crippen LogP contribution in [0.5, 0.6) is 0 Å². The average Bonchev–Trinajstić information content (AvgIpc) is 2.34. The van der Waals surface area contributed by atoms with Gasteiger partial charge >= 0.3 is 0 Å². The minimum Gasteiger partial charge on any atom is -0.258 e. The lowest BCUT2D eigenvalue weighted by Crippen LogP contribution is -1.86. The molecule has 0 unspecified atom stereocenters. The van der Waals surface area contributed by atoms with Crippen molar-refractivity contribution < 1.29 is 4.92 Å². The minimum absolute atomic E-state index is 0.117. The molecule has 0 spiro atoms. The summed E-state index contributed by atoms with van der Waals surface area (Å²) in [5, 5.41) is 10.5. The van der Waals surface area contributed by atoms with Crippen molar-refractivity contribution in [3.05, 3.63) is 62.6 Å². The second-order valence-electron chi connectivity index (χ2n) is 3.76. The van der Waals surface area contributed by atoms with Crippen LogP contribution in [0.25, 0.3) is 0 Å². The molecule has 2 rings (SSSR count). The summed E-state index contributed by atoms with van der Waals surface area (Å²) in [4.78, 5) is 12.3. The third kappa shape index (κ3) is 3.11. The van der Waals surface area contributed by atoms with Gasteiger partial charge in [0, 0.05) is 26.4 Å². The van der Waals surface area contributed by atoms with Gasteiger partial charge in [0.05, 0.1) is 4.92 Å². The monoisotopic (exact) mass is 323 g/mol. The van der Waals surface area contributed by atoms with Gasteiger partial charge in [0.2, 0.25) is 0 Å². The molecule has 0 saturated heterocycles. The molecular formula is C13H10BrNO2S. The van der Waals surface area contributed by atoms with E-state index >= 15 is 0 Å². The molecule has 0 radical (unpaired) electrons. The summed E-state index contributed by atoms with van der Waals surface area (Å²) in [5.74, 6) is 0. The SMILES string of the molecule is Cc1cc(Sc2ccc([N+](=O)[O-])cc2)ccc1Br. The normalized spacial score (nSPS) is 10.3. The summed E-state index contributed by atoms with van der Waals surface area (Å²) in [6.45, 7) is 2.03. The van der Waals surface area contributed by atoms with E-state index in [0.29, 0.717) is 0 Å². The number of rotatable bonds is 3. The number of nitrogens with zero attached hydrogens (tertiary/aromatic N) is 1. The van der Waals surface area contributed by atoms with Crippen LogP contribution in [0.4, 0.5) is 5.69 Å². The van der Waals surface area contributed by atoms with E-state index < -0.39 is 4.92 Å². The Kier molecular flexibility index (Phi) is 4.04. The maximum Gasteiger partial charge on any atom is 0.269 e. The first-order valence-corrected chi connectivity index (χ1v) is 6.85. The van der Waals surface area contributed by atoms with Crippen LogP contribution in [0.1, 0.15) is 5.56 Å². The highest BCUT2D eigenvalue weighted by atomic mass is 79.9. The van der Waals surface area contributed by atoms with Crippen molar-refractivity contribution in [3.63, 3.8) is 0 Å². The molecule has 0 amide bonds. The molecule has 0 aliphatic carbocycles. The molecule has 0 aliphatic heterocycles. The molecule has 0 aromatic heterocycles. The van der Waals surface area contributed by atoms with E-state index in [1.54, 1.807) is 23.9 Å². The predicted octanol–water partition coefficient (Wildman–Crippen LogP) is 4.82. The van der Waals surface area contributed by atoms with Gasteiger partial charge in [-0.05, 0) is 42.8 Å². The largest absolute Gasteiger partial charge is 0.269 e. The molecule has 5 heteroatoms. The van der Waals surface area contributed by atoms with Crippen LogP contribution in [-0.4, -0.2) is 4.92 Å². The van der Waals surface area contributed by atoms with Gasteiger partial charge in [-0.3, -0.25) is 10.1 Å². The lowest BCUT2D eigenvalue weighted by molar-refractivity contribution is -0.384. The van der Waals surface area contributed by atoms with E-state index in [1.807, 2.05) is 19.1 Å². The number of hydrogen-bond donors (Lipinski definition) is 0. The first-order chi connectivity index (χ1) is 8.56. The summed E-state index contributed by atoms with van der Waals surface area (Å²) in [5.41, 5.74) is 1.29. The fourth-order valence-electron chi connectivity index (χ4n) is 1.45. The third-order valence-corrected chi connectivity index (χ3v) is 4.30. The topological polar surface area (TPSA) is 43.1 Å². The molecule has 0 bridgehead atoms. The van der Waals surface area contributed by atoms with Crippen molar-refractivity contribution in [1.82, 2.24) is 0 Å². The number of non-ortho nitro benzene ring substituents is 1. The number of aryl methyl sites for hydroxylation is 1. The second-order valence-corrected chi connectivity index (χ2v) is 5.77.